The molecule has 2 aliphatic rings. The summed E-state index contributed by atoms with van der Waals surface area (Å²) in [7, 11) is 0. The van der Waals surface area contributed by atoms with E-state index in [2.05, 4.69) is 51.5 Å². The summed E-state index contributed by atoms with van der Waals surface area (Å²) in [4.78, 5) is 9.60. The Hall–Kier alpha value is -2.13. The summed E-state index contributed by atoms with van der Waals surface area (Å²) < 4.78 is 11.0. The summed E-state index contributed by atoms with van der Waals surface area (Å²) in [6.07, 6.45) is 1.83. The monoisotopic (exact) mass is 441 g/mol. The number of rotatable bonds is 8. The van der Waals surface area contributed by atoms with Gasteiger partial charge >= 0.3 is 0 Å². The number of aryl methyl sites for hydroxylation is 1. The predicted octanol–water partition coefficient (Wildman–Crippen LogP) is 3.10. The van der Waals surface area contributed by atoms with E-state index in [9.17, 15) is 0 Å². The Bertz CT molecular complexity index is 867. The van der Waals surface area contributed by atoms with Crippen molar-refractivity contribution in [3.8, 4) is 0 Å². The molecule has 2 fully saturated rings. The van der Waals surface area contributed by atoms with E-state index < -0.39 is 0 Å². The van der Waals surface area contributed by atoms with Gasteiger partial charge in [0.1, 0.15) is 10.8 Å². The number of thioether (sulfide) groups is 1. The smallest absolute Gasteiger partial charge is 0.149 e. The first kappa shape index (κ1) is 22.1. The summed E-state index contributed by atoms with van der Waals surface area (Å²) in [6, 6.07) is 12.5. The summed E-state index contributed by atoms with van der Waals surface area (Å²) in [5.41, 5.74) is 6.58. The summed E-state index contributed by atoms with van der Waals surface area (Å²) >= 11 is 1.79. The highest BCUT2D eigenvalue weighted by molar-refractivity contribution is 7.99. The number of anilines is 2. The fraction of sp³-hybridized carbons (Fsp3) is 0.478. The number of ether oxygens (including phenoxy) is 2. The topological polar surface area (TPSA) is 62.2 Å². The van der Waals surface area contributed by atoms with Crippen LogP contribution in [0.1, 0.15) is 11.1 Å². The number of benzene rings is 1. The molecular weight excluding hydrogens is 410 g/mol. The molecule has 8 heteroatoms. The van der Waals surface area contributed by atoms with Crippen LogP contribution in [-0.4, -0.2) is 81.0 Å². The molecule has 0 unspecified atom stereocenters. The van der Waals surface area contributed by atoms with Crippen LogP contribution < -0.4 is 10.3 Å². The van der Waals surface area contributed by atoms with Gasteiger partial charge in [-0.05, 0) is 18.6 Å². The zero-order chi connectivity index (χ0) is 21.3. The maximum Gasteiger partial charge on any atom is 0.149 e. The molecule has 4 rings (SSSR count). The van der Waals surface area contributed by atoms with Gasteiger partial charge in [0.25, 0.3) is 0 Å². The van der Waals surface area contributed by atoms with Crippen LogP contribution in [0.25, 0.3) is 0 Å². The molecule has 1 aromatic carbocycles. The van der Waals surface area contributed by atoms with Gasteiger partial charge in [-0.3, -0.25) is 10.3 Å². The number of pyridine rings is 1. The number of hydrogen-bond acceptors (Lipinski definition) is 8. The van der Waals surface area contributed by atoms with Crippen molar-refractivity contribution in [2.75, 3.05) is 75.2 Å². The number of hydrazone groups is 1. The maximum absolute atomic E-state index is 5.52. The Morgan fingerprint density at radius 2 is 1.84 bits per heavy atom. The van der Waals surface area contributed by atoms with Crippen molar-refractivity contribution in [2.45, 2.75) is 11.9 Å². The second kappa shape index (κ2) is 11.5. The highest BCUT2D eigenvalue weighted by atomic mass is 32.2. The van der Waals surface area contributed by atoms with E-state index >= 15 is 0 Å². The first-order chi connectivity index (χ1) is 15.3. The van der Waals surface area contributed by atoms with E-state index in [0.717, 1.165) is 81.3 Å². The normalized spacial score (nSPS) is 17.9. The average molecular weight is 442 g/mol. The highest BCUT2D eigenvalue weighted by Crippen LogP contribution is 2.26. The van der Waals surface area contributed by atoms with Crippen LogP contribution in [-0.2, 0) is 9.47 Å². The van der Waals surface area contributed by atoms with Crippen molar-refractivity contribution in [1.82, 2.24) is 9.88 Å². The molecule has 0 aliphatic carbocycles. The Morgan fingerprint density at radius 1 is 1.06 bits per heavy atom. The molecule has 0 radical (unpaired) electrons. The molecule has 1 aromatic heterocycles. The van der Waals surface area contributed by atoms with E-state index in [-0.39, 0.29) is 0 Å². The zero-order valence-electron chi connectivity index (χ0n) is 18.1. The Balaban J connectivity index is 1.43. The molecule has 166 valence electrons. The van der Waals surface area contributed by atoms with Gasteiger partial charge in [0.2, 0.25) is 0 Å². The van der Waals surface area contributed by atoms with E-state index in [1.165, 1.54) is 11.3 Å². The number of hydrogen-bond donors (Lipinski definition) is 1. The van der Waals surface area contributed by atoms with Crippen molar-refractivity contribution in [1.29, 1.82) is 0 Å². The number of nitrogens with zero attached hydrogens (tertiary/aromatic N) is 4. The zero-order valence-corrected chi connectivity index (χ0v) is 18.9. The molecule has 0 atom stereocenters. The minimum absolute atomic E-state index is 0.760. The largest absolute Gasteiger partial charge is 0.379 e. The second-order valence-corrected chi connectivity index (χ2v) is 8.85. The van der Waals surface area contributed by atoms with Crippen LogP contribution in [0.5, 0.6) is 0 Å². The highest BCUT2D eigenvalue weighted by Gasteiger charge is 2.15. The van der Waals surface area contributed by atoms with Crippen LogP contribution >= 0.6 is 11.8 Å². The van der Waals surface area contributed by atoms with Gasteiger partial charge in [0, 0.05) is 50.2 Å². The fourth-order valence-electron chi connectivity index (χ4n) is 3.65. The fourth-order valence-corrected chi connectivity index (χ4v) is 4.58. The van der Waals surface area contributed by atoms with Gasteiger partial charge < -0.3 is 14.4 Å². The lowest BCUT2D eigenvalue weighted by atomic mass is 10.2. The van der Waals surface area contributed by atoms with E-state index in [0.29, 0.717) is 0 Å². The SMILES string of the molecule is Cc1cccc(C=NNc2cc(N3CCOCC3)cc(SCCN3CCOCC3)n2)c1. The molecule has 0 spiro atoms. The molecule has 3 heterocycles. The van der Waals surface area contributed by atoms with E-state index in [1.807, 2.05) is 18.3 Å². The molecule has 31 heavy (non-hydrogen) atoms. The predicted molar refractivity (Wildman–Crippen MR) is 128 cm³/mol. The second-order valence-electron chi connectivity index (χ2n) is 7.73. The van der Waals surface area contributed by atoms with Crippen molar-refractivity contribution < 1.29 is 9.47 Å². The minimum Gasteiger partial charge on any atom is -0.379 e. The Kier molecular flexibility index (Phi) is 8.17. The molecule has 0 amide bonds. The minimum atomic E-state index is 0.760. The lowest BCUT2D eigenvalue weighted by molar-refractivity contribution is 0.0410. The van der Waals surface area contributed by atoms with Crippen molar-refractivity contribution >= 4 is 29.5 Å². The lowest BCUT2D eigenvalue weighted by Gasteiger charge is -2.29. The lowest BCUT2D eigenvalue weighted by Crippen LogP contribution is -2.37. The Morgan fingerprint density at radius 3 is 2.61 bits per heavy atom. The van der Waals surface area contributed by atoms with Crippen molar-refractivity contribution in [3.05, 3.63) is 47.5 Å². The third-order valence-corrected chi connectivity index (χ3v) is 6.25. The molecule has 1 N–H and O–H groups in total. The van der Waals surface area contributed by atoms with Crippen LogP contribution in [0.2, 0.25) is 0 Å². The van der Waals surface area contributed by atoms with Crippen molar-refractivity contribution in [3.63, 3.8) is 0 Å². The van der Waals surface area contributed by atoms with Gasteiger partial charge in [-0.2, -0.15) is 5.10 Å². The van der Waals surface area contributed by atoms with Crippen LogP contribution in [0.3, 0.4) is 0 Å². The standard InChI is InChI=1S/C23H31N5O2S/c1-19-3-2-4-20(15-19)18-24-26-22-16-21(28-7-12-30-13-8-28)17-23(25-22)31-14-9-27-5-10-29-11-6-27/h2-4,15-18H,5-14H2,1H3,(H,25,26). The van der Waals surface area contributed by atoms with Gasteiger partial charge in [-0.1, -0.05) is 29.8 Å². The first-order valence-electron chi connectivity index (χ1n) is 10.9. The molecule has 7 nitrogen and oxygen atoms in total. The van der Waals surface area contributed by atoms with E-state index in [1.54, 1.807) is 11.8 Å². The summed E-state index contributed by atoms with van der Waals surface area (Å²) in [5, 5.41) is 5.44. The van der Waals surface area contributed by atoms with Gasteiger partial charge in [-0.25, -0.2) is 4.98 Å². The molecule has 0 bridgehead atoms. The third kappa shape index (κ3) is 6.93. The van der Waals surface area contributed by atoms with Gasteiger partial charge in [-0.15, -0.1) is 11.8 Å². The molecular formula is C23H31N5O2S. The molecule has 2 aromatic rings. The maximum atomic E-state index is 5.52. The third-order valence-electron chi connectivity index (χ3n) is 5.36. The summed E-state index contributed by atoms with van der Waals surface area (Å²) in [6.45, 7) is 10.1. The molecule has 0 saturated carbocycles. The Labute approximate surface area is 188 Å². The molecule has 2 aliphatic heterocycles. The number of nitrogens with one attached hydrogen (secondary N) is 1. The molecule has 2 saturated heterocycles. The van der Waals surface area contributed by atoms with Crippen LogP contribution in [0.4, 0.5) is 11.5 Å². The average Bonchev–Trinajstić information content (AvgIpc) is 2.80. The number of aromatic nitrogens is 1. The number of morpholine rings is 2. The van der Waals surface area contributed by atoms with Gasteiger partial charge in [0.05, 0.1) is 32.6 Å². The van der Waals surface area contributed by atoms with Crippen LogP contribution in [0.15, 0.2) is 46.5 Å². The van der Waals surface area contributed by atoms with Gasteiger partial charge in [0.15, 0.2) is 0 Å². The summed E-state index contributed by atoms with van der Waals surface area (Å²) in [5.74, 6) is 1.77. The van der Waals surface area contributed by atoms with E-state index in [4.69, 9.17) is 14.5 Å². The quantitative estimate of drug-likeness (QED) is 0.384. The van der Waals surface area contributed by atoms with Crippen LogP contribution in [0, 0.1) is 6.92 Å². The van der Waals surface area contributed by atoms with Crippen molar-refractivity contribution in [2.24, 2.45) is 5.10 Å². The first-order valence-corrected chi connectivity index (χ1v) is 11.9.